The van der Waals surface area contributed by atoms with Gasteiger partial charge in [0.15, 0.2) is 0 Å². The molecule has 0 radical (unpaired) electrons. The molecular weight excluding hydrogens is 208 g/mol. The van der Waals surface area contributed by atoms with Crippen molar-refractivity contribution in [2.24, 2.45) is 0 Å². The van der Waals surface area contributed by atoms with E-state index in [9.17, 15) is 8.78 Å². The topological polar surface area (TPSA) is 12.0 Å². The van der Waals surface area contributed by atoms with Gasteiger partial charge in [0.1, 0.15) is 11.6 Å². The van der Waals surface area contributed by atoms with Gasteiger partial charge >= 0.3 is 0 Å². The summed E-state index contributed by atoms with van der Waals surface area (Å²) in [5.74, 6) is -1.12. The zero-order chi connectivity index (χ0) is 10.1. The van der Waals surface area contributed by atoms with E-state index in [1.807, 2.05) is 0 Å². The van der Waals surface area contributed by atoms with Crippen molar-refractivity contribution in [2.45, 2.75) is 18.9 Å². The molecule has 1 saturated heterocycles. The summed E-state index contributed by atoms with van der Waals surface area (Å²) in [5.41, 5.74) is 0.118. The van der Waals surface area contributed by atoms with Gasteiger partial charge in [-0.1, -0.05) is 11.6 Å². The zero-order valence-corrected chi connectivity index (χ0v) is 8.24. The van der Waals surface area contributed by atoms with Crippen molar-refractivity contribution in [3.63, 3.8) is 0 Å². The van der Waals surface area contributed by atoms with Crippen molar-refractivity contribution in [1.29, 1.82) is 0 Å². The second-order valence-corrected chi connectivity index (χ2v) is 3.87. The minimum Gasteiger partial charge on any atom is -0.310 e. The van der Waals surface area contributed by atoms with Crippen LogP contribution in [0.15, 0.2) is 12.1 Å². The minimum atomic E-state index is -0.561. The van der Waals surface area contributed by atoms with Crippen molar-refractivity contribution in [3.05, 3.63) is 34.4 Å². The van der Waals surface area contributed by atoms with E-state index >= 15 is 0 Å². The van der Waals surface area contributed by atoms with Gasteiger partial charge in [0, 0.05) is 16.6 Å². The molecule has 0 bridgehead atoms. The van der Waals surface area contributed by atoms with Gasteiger partial charge in [0.2, 0.25) is 0 Å². The molecule has 1 aromatic carbocycles. The fraction of sp³-hybridized carbons (Fsp3) is 0.400. The third kappa shape index (κ3) is 1.74. The Labute approximate surface area is 86.1 Å². The number of rotatable bonds is 1. The van der Waals surface area contributed by atoms with Crippen LogP contribution in [-0.2, 0) is 0 Å². The van der Waals surface area contributed by atoms with Gasteiger partial charge in [-0.25, -0.2) is 8.78 Å². The highest BCUT2D eigenvalue weighted by molar-refractivity contribution is 6.30. The molecule has 1 aliphatic heterocycles. The molecule has 1 atom stereocenters. The van der Waals surface area contributed by atoms with E-state index in [1.54, 1.807) is 0 Å². The zero-order valence-electron chi connectivity index (χ0n) is 7.49. The molecule has 0 aromatic heterocycles. The average molecular weight is 218 g/mol. The molecule has 1 aliphatic rings. The van der Waals surface area contributed by atoms with Gasteiger partial charge in [-0.2, -0.15) is 0 Å². The Morgan fingerprint density at radius 2 is 1.93 bits per heavy atom. The first-order valence-corrected chi connectivity index (χ1v) is 4.94. The lowest BCUT2D eigenvalue weighted by Crippen LogP contribution is -2.16. The monoisotopic (exact) mass is 217 g/mol. The molecule has 0 amide bonds. The molecule has 1 nitrogen and oxygen atoms in total. The Kier molecular flexibility index (Phi) is 2.70. The normalized spacial score (nSPS) is 21.5. The smallest absolute Gasteiger partial charge is 0.132 e. The van der Waals surface area contributed by atoms with Gasteiger partial charge in [0.25, 0.3) is 0 Å². The van der Waals surface area contributed by atoms with E-state index < -0.39 is 11.6 Å². The van der Waals surface area contributed by atoms with E-state index in [4.69, 9.17) is 11.6 Å². The average Bonchev–Trinajstić information content (AvgIpc) is 2.54. The van der Waals surface area contributed by atoms with Crippen LogP contribution >= 0.6 is 11.6 Å². The van der Waals surface area contributed by atoms with Crippen molar-refractivity contribution in [3.8, 4) is 0 Å². The highest BCUT2D eigenvalue weighted by Gasteiger charge is 2.23. The van der Waals surface area contributed by atoms with Crippen LogP contribution in [-0.4, -0.2) is 6.54 Å². The maximum Gasteiger partial charge on any atom is 0.132 e. The third-order valence-electron chi connectivity index (χ3n) is 2.45. The Hall–Kier alpha value is -0.670. The summed E-state index contributed by atoms with van der Waals surface area (Å²) < 4.78 is 26.8. The van der Waals surface area contributed by atoms with Crippen LogP contribution < -0.4 is 5.32 Å². The van der Waals surface area contributed by atoms with Crippen molar-refractivity contribution in [2.75, 3.05) is 6.54 Å². The second kappa shape index (κ2) is 3.83. The summed E-state index contributed by atoms with van der Waals surface area (Å²) in [4.78, 5) is 0. The van der Waals surface area contributed by atoms with Gasteiger partial charge in [-0.05, 0) is 31.5 Å². The summed E-state index contributed by atoms with van der Waals surface area (Å²) in [7, 11) is 0. The molecule has 14 heavy (non-hydrogen) atoms. The van der Waals surface area contributed by atoms with E-state index in [0.29, 0.717) is 0 Å². The molecule has 2 rings (SSSR count). The third-order valence-corrected chi connectivity index (χ3v) is 2.67. The first-order chi connectivity index (χ1) is 6.68. The first-order valence-electron chi connectivity index (χ1n) is 4.56. The Balaban J connectivity index is 2.40. The summed E-state index contributed by atoms with van der Waals surface area (Å²) in [6, 6.07) is 2.10. The summed E-state index contributed by atoms with van der Waals surface area (Å²) in [5, 5.41) is 3.15. The lowest BCUT2D eigenvalue weighted by Gasteiger charge is -2.12. The molecule has 1 heterocycles. The maximum absolute atomic E-state index is 13.4. The van der Waals surface area contributed by atoms with Crippen LogP contribution in [0.5, 0.6) is 0 Å². The molecule has 0 aliphatic carbocycles. The second-order valence-electron chi connectivity index (χ2n) is 3.43. The Morgan fingerprint density at radius 1 is 1.29 bits per heavy atom. The standard InChI is InChI=1S/C10H10ClF2N/c11-6-4-7(12)10(8(13)5-6)9-2-1-3-14-9/h4-5,9,14H,1-3H2. The lowest BCUT2D eigenvalue weighted by atomic mass is 10.0. The fourth-order valence-corrected chi connectivity index (χ4v) is 2.01. The maximum atomic E-state index is 13.4. The van der Waals surface area contributed by atoms with Crippen LogP contribution in [0.4, 0.5) is 8.78 Å². The largest absolute Gasteiger partial charge is 0.310 e. The summed E-state index contributed by atoms with van der Waals surface area (Å²) in [6.07, 6.45) is 1.72. The molecule has 1 fully saturated rings. The summed E-state index contributed by atoms with van der Waals surface area (Å²) in [6.45, 7) is 0.812. The first kappa shape index (κ1) is 9.87. The predicted octanol–water partition coefficient (Wildman–Crippen LogP) is 3.04. The van der Waals surface area contributed by atoms with Gasteiger partial charge < -0.3 is 5.32 Å². The quantitative estimate of drug-likeness (QED) is 0.763. The van der Waals surface area contributed by atoms with Crippen LogP contribution in [0.2, 0.25) is 5.02 Å². The number of benzene rings is 1. The molecule has 1 aromatic rings. The molecule has 0 saturated carbocycles. The van der Waals surface area contributed by atoms with E-state index in [2.05, 4.69) is 5.32 Å². The molecule has 1 unspecified atom stereocenters. The SMILES string of the molecule is Fc1cc(Cl)cc(F)c1C1CCCN1. The Bertz CT molecular complexity index is 325. The lowest BCUT2D eigenvalue weighted by molar-refractivity contribution is 0.507. The van der Waals surface area contributed by atoms with Crippen molar-refractivity contribution in [1.82, 2.24) is 5.32 Å². The van der Waals surface area contributed by atoms with Crippen LogP contribution in [0.25, 0.3) is 0 Å². The van der Waals surface area contributed by atoms with E-state index in [1.165, 1.54) is 0 Å². The highest BCUT2D eigenvalue weighted by atomic mass is 35.5. The van der Waals surface area contributed by atoms with Gasteiger partial charge in [-0.15, -0.1) is 0 Å². The van der Waals surface area contributed by atoms with Crippen LogP contribution in [0, 0.1) is 11.6 Å². The van der Waals surface area contributed by atoms with Crippen LogP contribution in [0.1, 0.15) is 24.4 Å². The number of halogens is 3. The highest BCUT2D eigenvalue weighted by Crippen LogP contribution is 2.29. The van der Waals surface area contributed by atoms with Gasteiger partial charge in [-0.3, -0.25) is 0 Å². The van der Waals surface area contributed by atoms with Crippen LogP contribution in [0.3, 0.4) is 0 Å². The van der Waals surface area contributed by atoms with E-state index in [-0.39, 0.29) is 16.6 Å². The molecule has 4 heteroatoms. The number of nitrogens with one attached hydrogen (secondary N) is 1. The molecule has 1 N–H and O–H groups in total. The van der Waals surface area contributed by atoms with Gasteiger partial charge in [0.05, 0.1) is 0 Å². The van der Waals surface area contributed by atoms with Crippen molar-refractivity contribution < 1.29 is 8.78 Å². The fourth-order valence-electron chi connectivity index (χ4n) is 1.82. The predicted molar refractivity (Wildman–Crippen MR) is 51.3 cm³/mol. The van der Waals surface area contributed by atoms with Crippen molar-refractivity contribution >= 4 is 11.6 Å². The van der Waals surface area contributed by atoms with E-state index in [0.717, 1.165) is 31.5 Å². The number of hydrogen-bond acceptors (Lipinski definition) is 1. The summed E-state index contributed by atoms with van der Waals surface area (Å²) >= 11 is 5.53. The molecular formula is C10H10ClF2N. The Morgan fingerprint density at radius 3 is 2.43 bits per heavy atom. The minimum absolute atomic E-state index is 0.0988. The number of hydrogen-bond donors (Lipinski definition) is 1. The molecule has 76 valence electrons. The molecule has 0 spiro atoms.